The molecule has 0 fully saturated rings. The van der Waals surface area contributed by atoms with Crippen LogP contribution >= 0.6 is 38.6 Å². The van der Waals surface area contributed by atoms with E-state index in [4.69, 9.17) is 0 Å². The van der Waals surface area contributed by atoms with Gasteiger partial charge in [0.15, 0.2) is 0 Å². The predicted molar refractivity (Wildman–Crippen MR) is 105 cm³/mol. The van der Waals surface area contributed by atoms with E-state index in [-0.39, 0.29) is 0 Å². The van der Waals surface area contributed by atoms with Gasteiger partial charge in [-0.3, -0.25) is 5.43 Å². The van der Waals surface area contributed by atoms with Crippen molar-refractivity contribution in [1.29, 1.82) is 0 Å². The molecular formula is C17H16BrN3S2. The Morgan fingerprint density at radius 2 is 2.00 bits per heavy atom. The van der Waals surface area contributed by atoms with Crippen molar-refractivity contribution in [2.45, 2.75) is 20.3 Å². The lowest BCUT2D eigenvalue weighted by atomic mass is 10.1. The van der Waals surface area contributed by atoms with E-state index >= 15 is 0 Å². The third-order valence-corrected chi connectivity index (χ3v) is 5.89. The zero-order valence-electron chi connectivity index (χ0n) is 12.8. The standard InChI is InChI=1S/C17H16BrN3S2/c1-3-12-4-6-13(7-5-12)14-10-22-17(19-14)21-20-11(2)15-8-9-16(18)23-15/h4-10H,3H2,1-2H3,(H,19,21)/b20-11+. The van der Waals surface area contributed by atoms with Crippen LogP contribution in [0.4, 0.5) is 5.13 Å². The second-order valence-corrected chi connectivity index (χ2v) is 8.32. The lowest BCUT2D eigenvalue weighted by molar-refractivity contribution is 1.14. The quantitative estimate of drug-likeness (QED) is 0.415. The molecule has 118 valence electrons. The highest BCUT2D eigenvalue weighted by Crippen LogP contribution is 2.26. The van der Waals surface area contributed by atoms with Gasteiger partial charge >= 0.3 is 0 Å². The summed E-state index contributed by atoms with van der Waals surface area (Å²) in [5.41, 5.74) is 7.45. The lowest BCUT2D eigenvalue weighted by Gasteiger charge is -1.99. The van der Waals surface area contributed by atoms with Crippen LogP contribution in [-0.4, -0.2) is 10.7 Å². The number of thiophene rings is 1. The number of hydrazone groups is 1. The van der Waals surface area contributed by atoms with Crippen LogP contribution in [0.1, 0.15) is 24.3 Å². The van der Waals surface area contributed by atoms with E-state index in [1.165, 1.54) is 5.56 Å². The molecule has 0 saturated heterocycles. The zero-order valence-corrected chi connectivity index (χ0v) is 16.1. The second-order valence-electron chi connectivity index (χ2n) is 5.00. The molecule has 0 unspecified atom stereocenters. The van der Waals surface area contributed by atoms with Gasteiger partial charge in [0.05, 0.1) is 20.1 Å². The minimum atomic E-state index is 0.800. The molecular weight excluding hydrogens is 390 g/mol. The van der Waals surface area contributed by atoms with Gasteiger partial charge in [-0.2, -0.15) is 5.10 Å². The molecule has 0 bridgehead atoms. The van der Waals surface area contributed by atoms with Crippen LogP contribution in [0.3, 0.4) is 0 Å². The number of rotatable bonds is 5. The molecule has 0 aliphatic carbocycles. The summed E-state index contributed by atoms with van der Waals surface area (Å²) >= 11 is 6.70. The van der Waals surface area contributed by atoms with E-state index < -0.39 is 0 Å². The van der Waals surface area contributed by atoms with E-state index in [1.807, 2.05) is 13.0 Å². The highest BCUT2D eigenvalue weighted by atomic mass is 79.9. The molecule has 1 aromatic carbocycles. The molecule has 0 amide bonds. The molecule has 0 radical (unpaired) electrons. The van der Waals surface area contributed by atoms with Crippen molar-refractivity contribution in [3.8, 4) is 11.3 Å². The number of nitrogens with one attached hydrogen (secondary N) is 1. The number of hydrogen-bond donors (Lipinski definition) is 1. The minimum Gasteiger partial charge on any atom is -0.252 e. The maximum atomic E-state index is 4.60. The molecule has 0 saturated carbocycles. The Kier molecular flexibility index (Phi) is 5.25. The van der Waals surface area contributed by atoms with Gasteiger partial charge < -0.3 is 0 Å². The molecule has 3 rings (SSSR count). The van der Waals surface area contributed by atoms with Crippen molar-refractivity contribution in [2.75, 3.05) is 5.43 Å². The number of thiazole rings is 1. The van der Waals surface area contributed by atoms with E-state index in [2.05, 4.69) is 74.1 Å². The number of aromatic nitrogens is 1. The number of nitrogens with zero attached hydrogens (tertiary/aromatic N) is 2. The Balaban J connectivity index is 1.71. The van der Waals surface area contributed by atoms with E-state index in [1.54, 1.807) is 22.7 Å². The molecule has 0 aliphatic heterocycles. The van der Waals surface area contributed by atoms with Crippen molar-refractivity contribution in [2.24, 2.45) is 5.10 Å². The highest BCUT2D eigenvalue weighted by molar-refractivity contribution is 9.11. The van der Waals surface area contributed by atoms with Gasteiger partial charge in [0.2, 0.25) is 5.13 Å². The fourth-order valence-corrected chi connectivity index (χ4v) is 4.06. The first-order valence-electron chi connectivity index (χ1n) is 7.26. The summed E-state index contributed by atoms with van der Waals surface area (Å²) in [7, 11) is 0. The van der Waals surface area contributed by atoms with Gasteiger partial charge in [0.25, 0.3) is 0 Å². The number of hydrogen-bond acceptors (Lipinski definition) is 5. The smallest absolute Gasteiger partial charge is 0.203 e. The molecule has 3 aromatic rings. The lowest BCUT2D eigenvalue weighted by Crippen LogP contribution is -1.96. The summed E-state index contributed by atoms with van der Waals surface area (Å²) in [4.78, 5) is 5.74. The molecule has 6 heteroatoms. The van der Waals surface area contributed by atoms with Crippen LogP contribution in [0.2, 0.25) is 0 Å². The molecule has 23 heavy (non-hydrogen) atoms. The first-order chi connectivity index (χ1) is 11.2. The fourth-order valence-electron chi connectivity index (χ4n) is 2.06. The minimum absolute atomic E-state index is 0.800. The Morgan fingerprint density at radius 1 is 1.22 bits per heavy atom. The van der Waals surface area contributed by atoms with Crippen LogP contribution in [0.15, 0.2) is 50.7 Å². The van der Waals surface area contributed by atoms with Crippen molar-refractivity contribution >= 4 is 49.4 Å². The van der Waals surface area contributed by atoms with Gasteiger partial charge in [-0.1, -0.05) is 31.2 Å². The Morgan fingerprint density at radius 3 is 2.65 bits per heavy atom. The maximum absolute atomic E-state index is 4.60. The van der Waals surface area contributed by atoms with Crippen LogP contribution in [0.25, 0.3) is 11.3 Å². The van der Waals surface area contributed by atoms with Crippen LogP contribution in [-0.2, 0) is 6.42 Å². The normalized spacial score (nSPS) is 11.7. The molecule has 2 heterocycles. The molecule has 0 aliphatic rings. The van der Waals surface area contributed by atoms with Gasteiger partial charge in [0.1, 0.15) is 0 Å². The van der Waals surface area contributed by atoms with Crippen molar-refractivity contribution < 1.29 is 0 Å². The summed E-state index contributed by atoms with van der Waals surface area (Å²) in [6, 6.07) is 12.6. The van der Waals surface area contributed by atoms with E-state index in [9.17, 15) is 0 Å². The predicted octanol–water partition coefficient (Wildman–Crippen LogP) is 6.03. The average molecular weight is 406 g/mol. The summed E-state index contributed by atoms with van der Waals surface area (Å²) < 4.78 is 1.11. The van der Waals surface area contributed by atoms with Gasteiger partial charge in [-0.05, 0) is 47.0 Å². The molecule has 2 aromatic heterocycles. The number of benzene rings is 1. The van der Waals surface area contributed by atoms with Crippen LogP contribution in [0.5, 0.6) is 0 Å². The van der Waals surface area contributed by atoms with Gasteiger partial charge in [0, 0.05) is 10.9 Å². The van der Waals surface area contributed by atoms with E-state index in [0.717, 1.165) is 37.2 Å². The summed E-state index contributed by atoms with van der Waals surface area (Å²) in [6.07, 6.45) is 1.05. The van der Waals surface area contributed by atoms with Crippen molar-refractivity contribution in [3.63, 3.8) is 0 Å². The number of anilines is 1. The second kappa shape index (κ2) is 7.38. The zero-order chi connectivity index (χ0) is 16.2. The van der Waals surface area contributed by atoms with Gasteiger partial charge in [-0.15, -0.1) is 22.7 Å². The Labute approximate surface area is 152 Å². The van der Waals surface area contributed by atoms with Crippen LogP contribution in [0, 0.1) is 0 Å². The summed E-state index contributed by atoms with van der Waals surface area (Å²) in [5, 5.41) is 7.27. The van der Waals surface area contributed by atoms with Crippen molar-refractivity contribution in [3.05, 3.63) is 56.0 Å². The molecule has 1 N–H and O–H groups in total. The van der Waals surface area contributed by atoms with Crippen LogP contribution < -0.4 is 5.43 Å². The molecule has 3 nitrogen and oxygen atoms in total. The third-order valence-electron chi connectivity index (χ3n) is 3.41. The Hall–Kier alpha value is -1.50. The average Bonchev–Trinajstić information content (AvgIpc) is 3.22. The highest BCUT2D eigenvalue weighted by Gasteiger charge is 2.05. The summed E-state index contributed by atoms with van der Waals surface area (Å²) in [6.45, 7) is 4.15. The van der Waals surface area contributed by atoms with E-state index in [0.29, 0.717) is 0 Å². The first-order valence-corrected chi connectivity index (χ1v) is 9.75. The number of halogens is 1. The van der Waals surface area contributed by atoms with Gasteiger partial charge in [-0.25, -0.2) is 4.98 Å². The summed E-state index contributed by atoms with van der Waals surface area (Å²) in [5.74, 6) is 0. The molecule has 0 spiro atoms. The molecule has 0 atom stereocenters. The monoisotopic (exact) mass is 405 g/mol. The fraction of sp³-hybridized carbons (Fsp3) is 0.176. The SMILES string of the molecule is CCc1ccc(-c2csc(N/N=C(\C)c3ccc(Br)s3)n2)cc1. The van der Waals surface area contributed by atoms with Crippen molar-refractivity contribution in [1.82, 2.24) is 4.98 Å². The number of aryl methyl sites for hydroxylation is 1. The largest absolute Gasteiger partial charge is 0.252 e. The Bertz CT molecular complexity index is 818. The topological polar surface area (TPSA) is 37.3 Å². The first kappa shape index (κ1) is 16.4. The third kappa shape index (κ3) is 4.07. The maximum Gasteiger partial charge on any atom is 0.203 e.